The minimum absolute atomic E-state index is 0.0793. The summed E-state index contributed by atoms with van der Waals surface area (Å²) >= 11 is 5.67. The summed E-state index contributed by atoms with van der Waals surface area (Å²) in [6.07, 6.45) is 0.376. The van der Waals surface area contributed by atoms with Crippen LogP contribution >= 0.6 is 11.6 Å². The maximum Gasteiger partial charge on any atom is 0.311 e. The molecule has 0 radical (unpaired) electrons. The van der Waals surface area contributed by atoms with Crippen LogP contribution in [0, 0.1) is 17.2 Å². The average Bonchev–Trinajstić information content (AvgIpc) is 2.84. The van der Waals surface area contributed by atoms with Crippen molar-refractivity contribution < 1.29 is 19.1 Å². The summed E-state index contributed by atoms with van der Waals surface area (Å²) in [4.78, 5) is 25.3. The summed E-state index contributed by atoms with van der Waals surface area (Å²) in [5, 5.41) is 9.68. The van der Waals surface area contributed by atoms with Crippen molar-refractivity contribution in [1.82, 2.24) is 4.90 Å². The topological polar surface area (TPSA) is 57.6 Å². The lowest BCUT2D eigenvalue weighted by atomic mass is 9.76. The second-order valence-electron chi connectivity index (χ2n) is 5.72. The molecule has 1 atom stereocenters. The van der Waals surface area contributed by atoms with E-state index in [1.165, 1.54) is 17.0 Å². The van der Waals surface area contributed by atoms with Gasteiger partial charge in [-0.2, -0.15) is 0 Å². The number of amides is 1. The molecule has 0 aliphatic carbocycles. The van der Waals surface area contributed by atoms with E-state index in [0.29, 0.717) is 13.0 Å². The van der Waals surface area contributed by atoms with E-state index in [1.54, 1.807) is 0 Å². The number of carbonyl (C=O) groups is 2. The largest absolute Gasteiger partial charge is 0.481 e. The van der Waals surface area contributed by atoms with Crippen LogP contribution in [-0.4, -0.2) is 35.0 Å². The van der Waals surface area contributed by atoms with E-state index >= 15 is 0 Å². The lowest BCUT2D eigenvalue weighted by Gasteiger charge is -2.28. The van der Waals surface area contributed by atoms with Crippen LogP contribution in [0.2, 0.25) is 5.02 Å². The number of benzene rings is 1. The molecule has 21 heavy (non-hydrogen) atoms. The lowest BCUT2D eigenvalue weighted by Crippen LogP contribution is -2.40. The number of hydrogen-bond donors (Lipinski definition) is 1. The van der Waals surface area contributed by atoms with Crippen molar-refractivity contribution in [2.24, 2.45) is 11.3 Å². The number of likely N-dealkylation sites (tertiary alicyclic amines) is 1. The Balaban J connectivity index is 2.25. The van der Waals surface area contributed by atoms with Crippen LogP contribution in [0.25, 0.3) is 0 Å². The van der Waals surface area contributed by atoms with E-state index in [-0.39, 0.29) is 23.0 Å². The second-order valence-corrected chi connectivity index (χ2v) is 6.15. The SMILES string of the molecule is CC(C)C1(C(=O)O)CCN(C(=O)c2ccc(Cl)cc2F)C1. The molecule has 4 nitrogen and oxygen atoms in total. The Kier molecular flexibility index (Phi) is 4.23. The van der Waals surface area contributed by atoms with Gasteiger partial charge >= 0.3 is 5.97 Å². The molecule has 1 saturated heterocycles. The number of carbonyl (C=O) groups excluding carboxylic acids is 1. The smallest absolute Gasteiger partial charge is 0.311 e. The zero-order valence-corrected chi connectivity index (χ0v) is 12.7. The van der Waals surface area contributed by atoms with Crippen LogP contribution in [0.1, 0.15) is 30.6 Å². The fourth-order valence-corrected chi connectivity index (χ4v) is 2.89. The summed E-state index contributed by atoms with van der Waals surface area (Å²) in [5.74, 6) is -2.20. The molecule has 1 aliphatic rings. The summed E-state index contributed by atoms with van der Waals surface area (Å²) in [6, 6.07) is 3.86. The van der Waals surface area contributed by atoms with Gasteiger partial charge < -0.3 is 10.0 Å². The van der Waals surface area contributed by atoms with Gasteiger partial charge in [-0.15, -0.1) is 0 Å². The van der Waals surface area contributed by atoms with Crippen molar-refractivity contribution in [3.05, 3.63) is 34.6 Å². The highest BCUT2D eigenvalue weighted by atomic mass is 35.5. The van der Waals surface area contributed by atoms with Crippen molar-refractivity contribution in [3.8, 4) is 0 Å². The summed E-state index contributed by atoms with van der Waals surface area (Å²) in [6.45, 7) is 4.06. The van der Waals surface area contributed by atoms with E-state index in [0.717, 1.165) is 6.07 Å². The molecule has 114 valence electrons. The number of hydrogen-bond acceptors (Lipinski definition) is 2. The standard InChI is InChI=1S/C15H17ClFNO3/c1-9(2)15(14(20)21)5-6-18(8-15)13(19)11-4-3-10(16)7-12(11)17/h3-4,7,9H,5-6,8H2,1-2H3,(H,20,21). The Bertz CT molecular complexity index is 590. The predicted octanol–water partition coefficient (Wildman–Crippen LogP) is 3.05. The Hall–Kier alpha value is -1.62. The first-order chi connectivity index (χ1) is 9.78. The van der Waals surface area contributed by atoms with E-state index in [1.807, 2.05) is 13.8 Å². The van der Waals surface area contributed by atoms with E-state index < -0.39 is 23.1 Å². The monoisotopic (exact) mass is 313 g/mol. The fraction of sp³-hybridized carbons (Fsp3) is 0.467. The first-order valence-corrected chi connectivity index (χ1v) is 7.13. The molecule has 1 aliphatic heterocycles. The van der Waals surface area contributed by atoms with E-state index in [4.69, 9.17) is 11.6 Å². The lowest BCUT2D eigenvalue weighted by molar-refractivity contribution is -0.150. The molecule has 1 amide bonds. The second kappa shape index (κ2) is 5.64. The van der Waals surface area contributed by atoms with Crippen molar-refractivity contribution in [1.29, 1.82) is 0 Å². The van der Waals surface area contributed by atoms with Crippen LogP contribution in [0.4, 0.5) is 4.39 Å². The molecule has 0 aromatic heterocycles. The van der Waals surface area contributed by atoms with E-state index in [9.17, 15) is 19.1 Å². The van der Waals surface area contributed by atoms with E-state index in [2.05, 4.69) is 0 Å². The zero-order chi connectivity index (χ0) is 15.8. The van der Waals surface area contributed by atoms with Gasteiger partial charge in [-0.3, -0.25) is 9.59 Å². The van der Waals surface area contributed by atoms with Gasteiger partial charge in [0, 0.05) is 18.1 Å². The molecule has 1 aromatic rings. The number of halogens is 2. The molecule has 1 unspecified atom stereocenters. The first kappa shape index (κ1) is 15.8. The third-order valence-electron chi connectivity index (χ3n) is 4.28. The van der Waals surface area contributed by atoms with Crippen molar-refractivity contribution in [3.63, 3.8) is 0 Å². The molecule has 0 spiro atoms. The highest BCUT2D eigenvalue weighted by Crippen LogP contribution is 2.38. The van der Waals surface area contributed by atoms with Crippen LogP contribution in [0.3, 0.4) is 0 Å². The van der Waals surface area contributed by atoms with Gasteiger partial charge in [-0.05, 0) is 30.5 Å². The maximum absolute atomic E-state index is 13.8. The van der Waals surface area contributed by atoms with Crippen molar-refractivity contribution in [2.75, 3.05) is 13.1 Å². The molecule has 2 rings (SSSR count). The number of nitrogens with zero attached hydrogens (tertiary/aromatic N) is 1. The maximum atomic E-state index is 13.8. The predicted molar refractivity (Wildman–Crippen MR) is 76.8 cm³/mol. The number of aliphatic carboxylic acids is 1. The van der Waals surface area contributed by atoms with Gasteiger partial charge in [0.1, 0.15) is 5.82 Å². The molecule has 0 bridgehead atoms. The Morgan fingerprint density at radius 3 is 2.57 bits per heavy atom. The fourth-order valence-electron chi connectivity index (χ4n) is 2.73. The average molecular weight is 314 g/mol. The third-order valence-corrected chi connectivity index (χ3v) is 4.52. The molecular formula is C15H17ClFNO3. The summed E-state index contributed by atoms with van der Waals surface area (Å²) in [7, 11) is 0. The zero-order valence-electron chi connectivity index (χ0n) is 11.9. The summed E-state index contributed by atoms with van der Waals surface area (Å²) in [5.41, 5.74) is -1.04. The van der Waals surface area contributed by atoms with Gasteiger partial charge in [0.15, 0.2) is 0 Å². The van der Waals surface area contributed by atoms with Crippen molar-refractivity contribution in [2.45, 2.75) is 20.3 Å². The quantitative estimate of drug-likeness (QED) is 0.933. The number of rotatable bonds is 3. The first-order valence-electron chi connectivity index (χ1n) is 6.75. The minimum atomic E-state index is -0.960. The highest BCUT2D eigenvalue weighted by molar-refractivity contribution is 6.30. The molecule has 1 fully saturated rings. The van der Waals surface area contributed by atoms with Gasteiger partial charge in [0.25, 0.3) is 5.91 Å². The molecule has 1 heterocycles. The van der Waals surface area contributed by atoms with Gasteiger partial charge in [-0.1, -0.05) is 25.4 Å². The minimum Gasteiger partial charge on any atom is -0.481 e. The van der Waals surface area contributed by atoms with Gasteiger partial charge in [-0.25, -0.2) is 4.39 Å². The summed E-state index contributed by atoms with van der Waals surface area (Å²) < 4.78 is 13.8. The van der Waals surface area contributed by atoms with Crippen molar-refractivity contribution >= 4 is 23.5 Å². The number of carboxylic acids is 1. The molecule has 0 saturated carbocycles. The Morgan fingerprint density at radius 2 is 2.10 bits per heavy atom. The van der Waals surface area contributed by atoms with Crippen LogP contribution in [0.5, 0.6) is 0 Å². The van der Waals surface area contributed by atoms with Crippen LogP contribution in [0.15, 0.2) is 18.2 Å². The van der Waals surface area contributed by atoms with Gasteiger partial charge in [0.2, 0.25) is 0 Å². The third kappa shape index (κ3) is 2.75. The molecular weight excluding hydrogens is 297 g/mol. The Morgan fingerprint density at radius 1 is 1.43 bits per heavy atom. The Labute approximate surface area is 127 Å². The molecule has 6 heteroatoms. The molecule has 1 N–H and O–H groups in total. The molecule has 1 aromatic carbocycles. The number of carboxylic acid groups (broad SMARTS) is 1. The van der Waals surface area contributed by atoms with Gasteiger partial charge in [0.05, 0.1) is 11.0 Å². The van der Waals surface area contributed by atoms with Crippen LogP contribution in [-0.2, 0) is 4.79 Å². The highest BCUT2D eigenvalue weighted by Gasteiger charge is 2.48. The normalized spacial score (nSPS) is 21.9. The van der Waals surface area contributed by atoms with Crippen LogP contribution < -0.4 is 0 Å².